The Morgan fingerprint density at radius 3 is 2.36 bits per heavy atom. The smallest absolute Gasteiger partial charge is 0.134 e. The highest BCUT2D eigenvalue weighted by molar-refractivity contribution is 5.81. The number of hydrogen-bond donors (Lipinski definition) is 0. The van der Waals surface area contributed by atoms with Crippen molar-refractivity contribution in [3.63, 3.8) is 0 Å². The molecular weight excluding hydrogens is 172 g/mol. The molecule has 76 valence electrons. The third-order valence-corrected chi connectivity index (χ3v) is 2.13. The maximum absolute atomic E-state index is 5.41. The van der Waals surface area contributed by atoms with E-state index in [2.05, 4.69) is 19.9 Å². The first kappa shape index (κ1) is 10.8. The van der Waals surface area contributed by atoms with Crippen LogP contribution in [-0.4, -0.2) is 0 Å². The van der Waals surface area contributed by atoms with Crippen LogP contribution in [-0.2, 0) is 0 Å². The Morgan fingerprint density at radius 2 is 1.71 bits per heavy atom. The van der Waals surface area contributed by atoms with E-state index in [-0.39, 0.29) is 0 Å². The molecule has 14 heavy (non-hydrogen) atoms. The van der Waals surface area contributed by atoms with Gasteiger partial charge in [0.2, 0.25) is 0 Å². The SMILES string of the molecule is CC.CC(C)c1coc2ccccc12. The van der Waals surface area contributed by atoms with E-state index in [0.717, 1.165) is 5.58 Å². The van der Waals surface area contributed by atoms with E-state index in [0.29, 0.717) is 5.92 Å². The molecule has 0 aliphatic carbocycles. The van der Waals surface area contributed by atoms with Gasteiger partial charge in [-0.15, -0.1) is 0 Å². The first-order chi connectivity index (χ1) is 6.79. The zero-order chi connectivity index (χ0) is 10.6. The molecule has 0 N–H and O–H groups in total. The monoisotopic (exact) mass is 190 g/mol. The minimum Gasteiger partial charge on any atom is -0.464 e. The Balaban J connectivity index is 0.000000461. The summed E-state index contributed by atoms with van der Waals surface area (Å²) >= 11 is 0. The minimum atomic E-state index is 0.536. The molecule has 0 amide bonds. The Labute approximate surface area is 85.7 Å². The summed E-state index contributed by atoms with van der Waals surface area (Å²) in [5.41, 5.74) is 2.28. The molecule has 0 aliphatic heterocycles. The molecule has 1 nitrogen and oxygen atoms in total. The average Bonchev–Trinajstić information content (AvgIpc) is 2.64. The van der Waals surface area contributed by atoms with Gasteiger partial charge in [0.15, 0.2) is 0 Å². The number of para-hydroxylation sites is 1. The third-order valence-electron chi connectivity index (χ3n) is 2.13. The van der Waals surface area contributed by atoms with E-state index in [4.69, 9.17) is 4.42 Å². The summed E-state index contributed by atoms with van der Waals surface area (Å²) in [7, 11) is 0. The van der Waals surface area contributed by atoms with E-state index in [9.17, 15) is 0 Å². The summed E-state index contributed by atoms with van der Waals surface area (Å²) in [5, 5.41) is 1.24. The van der Waals surface area contributed by atoms with Gasteiger partial charge in [-0.1, -0.05) is 45.9 Å². The van der Waals surface area contributed by atoms with Crippen LogP contribution in [0.4, 0.5) is 0 Å². The molecule has 1 aromatic heterocycles. The van der Waals surface area contributed by atoms with Crippen molar-refractivity contribution in [3.8, 4) is 0 Å². The van der Waals surface area contributed by atoms with Gasteiger partial charge in [-0.3, -0.25) is 0 Å². The fourth-order valence-electron chi connectivity index (χ4n) is 1.45. The lowest BCUT2D eigenvalue weighted by atomic mass is 10.0. The van der Waals surface area contributed by atoms with Crippen molar-refractivity contribution < 1.29 is 4.42 Å². The van der Waals surface area contributed by atoms with Gasteiger partial charge in [0, 0.05) is 10.9 Å². The van der Waals surface area contributed by atoms with Crippen molar-refractivity contribution in [2.45, 2.75) is 33.6 Å². The standard InChI is InChI=1S/C11H12O.C2H6/c1-8(2)10-7-12-11-6-4-3-5-9(10)11;1-2/h3-8H,1-2H3;1-2H3. The maximum Gasteiger partial charge on any atom is 0.134 e. The lowest BCUT2D eigenvalue weighted by Crippen LogP contribution is -1.82. The van der Waals surface area contributed by atoms with Gasteiger partial charge in [-0.2, -0.15) is 0 Å². The average molecular weight is 190 g/mol. The fraction of sp³-hybridized carbons (Fsp3) is 0.385. The molecule has 0 atom stereocenters. The first-order valence-corrected chi connectivity index (χ1v) is 5.25. The Morgan fingerprint density at radius 1 is 1.07 bits per heavy atom. The van der Waals surface area contributed by atoms with Gasteiger partial charge in [0.25, 0.3) is 0 Å². The summed E-state index contributed by atoms with van der Waals surface area (Å²) in [5.74, 6) is 0.536. The fourth-order valence-corrected chi connectivity index (χ4v) is 1.45. The second-order valence-corrected chi connectivity index (χ2v) is 3.34. The lowest BCUT2D eigenvalue weighted by Gasteiger charge is -1.99. The summed E-state index contributed by atoms with van der Waals surface area (Å²) in [4.78, 5) is 0. The molecule has 0 spiro atoms. The molecule has 2 aromatic rings. The van der Waals surface area contributed by atoms with Crippen LogP contribution >= 0.6 is 0 Å². The Hall–Kier alpha value is -1.24. The molecular formula is C13H18O. The van der Waals surface area contributed by atoms with Crippen LogP contribution < -0.4 is 0 Å². The van der Waals surface area contributed by atoms with E-state index in [1.165, 1.54) is 10.9 Å². The van der Waals surface area contributed by atoms with E-state index in [1.54, 1.807) is 0 Å². The van der Waals surface area contributed by atoms with Crippen LogP contribution in [0.1, 0.15) is 39.2 Å². The summed E-state index contributed by atoms with van der Waals surface area (Å²) in [6.07, 6.45) is 1.86. The summed E-state index contributed by atoms with van der Waals surface area (Å²) in [6, 6.07) is 8.15. The maximum atomic E-state index is 5.41. The zero-order valence-electron chi connectivity index (χ0n) is 9.37. The van der Waals surface area contributed by atoms with Crippen molar-refractivity contribution in [2.24, 2.45) is 0 Å². The minimum absolute atomic E-state index is 0.536. The van der Waals surface area contributed by atoms with Crippen LogP contribution in [0.3, 0.4) is 0 Å². The predicted molar refractivity (Wildman–Crippen MR) is 61.7 cm³/mol. The summed E-state index contributed by atoms with van der Waals surface area (Å²) < 4.78 is 5.41. The van der Waals surface area contributed by atoms with Gasteiger partial charge in [-0.25, -0.2) is 0 Å². The van der Waals surface area contributed by atoms with Crippen molar-refractivity contribution >= 4 is 11.0 Å². The summed E-state index contributed by atoms with van der Waals surface area (Å²) in [6.45, 7) is 8.36. The van der Waals surface area contributed by atoms with Crippen molar-refractivity contribution in [1.82, 2.24) is 0 Å². The van der Waals surface area contributed by atoms with Gasteiger partial charge >= 0.3 is 0 Å². The van der Waals surface area contributed by atoms with Crippen LogP contribution in [0.15, 0.2) is 34.9 Å². The normalized spacial score (nSPS) is 10.1. The van der Waals surface area contributed by atoms with E-state index >= 15 is 0 Å². The van der Waals surface area contributed by atoms with Gasteiger partial charge in [-0.05, 0) is 12.0 Å². The Bertz CT molecular complexity index is 385. The third kappa shape index (κ3) is 1.98. The van der Waals surface area contributed by atoms with Gasteiger partial charge in [0.05, 0.1) is 6.26 Å². The molecule has 2 rings (SSSR count). The molecule has 0 saturated carbocycles. The van der Waals surface area contributed by atoms with Crippen LogP contribution in [0.2, 0.25) is 0 Å². The van der Waals surface area contributed by atoms with E-state index < -0.39 is 0 Å². The van der Waals surface area contributed by atoms with Crippen molar-refractivity contribution in [2.75, 3.05) is 0 Å². The van der Waals surface area contributed by atoms with Crippen molar-refractivity contribution in [3.05, 3.63) is 36.1 Å². The van der Waals surface area contributed by atoms with Crippen molar-refractivity contribution in [1.29, 1.82) is 0 Å². The molecule has 0 aliphatic rings. The largest absolute Gasteiger partial charge is 0.464 e. The van der Waals surface area contributed by atoms with Crippen LogP contribution in [0.5, 0.6) is 0 Å². The molecule has 1 heterocycles. The number of benzene rings is 1. The topological polar surface area (TPSA) is 13.1 Å². The second kappa shape index (κ2) is 4.85. The first-order valence-electron chi connectivity index (χ1n) is 5.25. The number of furan rings is 1. The van der Waals surface area contributed by atoms with Crippen LogP contribution in [0.25, 0.3) is 11.0 Å². The molecule has 0 radical (unpaired) electrons. The lowest BCUT2D eigenvalue weighted by molar-refractivity contribution is 0.606. The molecule has 0 fully saturated rings. The number of fused-ring (bicyclic) bond motifs is 1. The highest BCUT2D eigenvalue weighted by Gasteiger charge is 2.07. The molecule has 0 bridgehead atoms. The Kier molecular flexibility index (Phi) is 3.75. The molecule has 0 unspecified atom stereocenters. The highest BCUT2D eigenvalue weighted by atomic mass is 16.3. The quantitative estimate of drug-likeness (QED) is 0.641. The zero-order valence-corrected chi connectivity index (χ0v) is 9.37. The highest BCUT2D eigenvalue weighted by Crippen LogP contribution is 2.26. The van der Waals surface area contributed by atoms with Crippen LogP contribution in [0, 0.1) is 0 Å². The van der Waals surface area contributed by atoms with Gasteiger partial charge < -0.3 is 4.42 Å². The number of rotatable bonds is 1. The molecule has 1 aromatic carbocycles. The van der Waals surface area contributed by atoms with Gasteiger partial charge in [0.1, 0.15) is 5.58 Å². The van der Waals surface area contributed by atoms with E-state index in [1.807, 2.05) is 38.3 Å². The molecule has 0 saturated heterocycles. The second-order valence-electron chi connectivity index (χ2n) is 3.34. The number of hydrogen-bond acceptors (Lipinski definition) is 1. The molecule has 1 heteroatoms. The predicted octanol–water partition coefficient (Wildman–Crippen LogP) is 4.58.